The summed E-state index contributed by atoms with van der Waals surface area (Å²) in [6.45, 7) is 0. The minimum Gasteiger partial charge on any atom is -0.481 e. The lowest BCUT2D eigenvalue weighted by atomic mass is 9.89. The van der Waals surface area contributed by atoms with Crippen LogP contribution >= 0.6 is 0 Å². The highest BCUT2D eigenvalue weighted by Crippen LogP contribution is 2.38. The molecule has 2 nitrogen and oxygen atoms in total. The fraction of sp³-hybridized carbons (Fsp3) is 0.667. The Bertz CT molecular complexity index is 266. The van der Waals surface area contributed by atoms with Crippen molar-refractivity contribution in [3.8, 4) is 0 Å². The third kappa shape index (κ3) is 2.75. The van der Waals surface area contributed by atoms with Crippen molar-refractivity contribution < 1.29 is 23.1 Å². The molecule has 1 aliphatic rings. The topological polar surface area (TPSA) is 37.3 Å². The highest BCUT2D eigenvalue weighted by atomic mass is 19.4. The molecular weight excluding hydrogens is 197 g/mol. The maximum absolute atomic E-state index is 12.4. The standard InChI is InChI=1S/C9H11F3O2/c10-9(11,12)7-4-2-1-3-6(7)5-8(13)14/h1-5H2,(H,13,14). The minimum atomic E-state index is -4.36. The normalized spacial score (nSPS) is 18.5. The first-order chi connectivity index (χ1) is 6.41. The van der Waals surface area contributed by atoms with Gasteiger partial charge < -0.3 is 5.11 Å². The lowest BCUT2D eigenvalue weighted by Gasteiger charge is -2.21. The predicted molar refractivity (Wildman–Crippen MR) is 43.8 cm³/mol. The Morgan fingerprint density at radius 1 is 1.29 bits per heavy atom. The second-order valence-electron chi connectivity index (χ2n) is 3.36. The smallest absolute Gasteiger partial charge is 0.412 e. The summed E-state index contributed by atoms with van der Waals surface area (Å²) in [7, 11) is 0. The Balaban J connectivity index is 2.91. The summed E-state index contributed by atoms with van der Waals surface area (Å²) in [6, 6.07) is 0. The number of carbonyl (C=O) groups is 1. The van der Waals surface area contributed by atoms with Gasteiger partial charge in [0.15, 0.2) is 0 Å². The van der Waals surface area contributed by atoms with E-state index in [1.54, 1.807) is 0 Å². The zero-order chi connectivity index (χ0) is 10.8. The maximum Gasteiger partial charge on any atom is 0.412 e. The Morgan fingerprint density at radius 3 is 2.36 bits per heavy atom. The molecule has 0 heterocycles. The van der Waals surface area contributed by atoms with E-state index in [1.165, 1.54) is 0 Å². The van der Waals surface area contributed by atoms with Crippen molar-refractivity contribution in [3.63, 3.8) is 0 Å². The molecule has 5 heteroatoms. The molecule has 0 aliphatic heterocycles. The number of aliphatic carboxylic acids is 1. The highest BCUT2D eigenvalue weighted by molar-refractivity contribution is 5.70. The van der Waals surface area contributed by atoms with Crippen LogP contribution < -0.4 is 0 Å². The van der Waals surface area contributed by atoms with Gasteiger partial charge in [-0.3, -0.25) is 4.79 Å². The summed E-state index contributed by atoms with van der Waals surface area (Å²) in [5, 5.41) is 8.45. The van der Waals surface area contributed by atoms with Crippen LogP contribution in [0.3, 0.4) is 0 Å². The van der Waals surface area contributed by atoms with Crippen LogP contribution in [0.15, 0.2) is 11.1 Å². The van der Waals surface area contributed by atoms with Gasteiger partial charge in [0.25, 0.3) is 0 Å². The number of carboxylic acid groups (broad SMARTS) is 1. The molecule has 0 amide bonds. The molecule has 80 valence electrons. The fourth-order valence-electron chi connectivity index (χ4n) is 1.69. The number of allylic oxidation sites excluding steroid dienone is 1. The SMILES string of the molecule is O=C(O)CC1=C(C(F)(F)F)CCCC1. The third-order valence-electron chi connectivity index (χ3n) is 2.29. The van der Waals surface area contributed by atoms with Crippen molar-refractivity contribution in [2.75, 3.05) is 0 Å². The average molecular weight is 208 g/mol. The highest BCUT2D eigenvalue weighted by Gasteiger charge is 2.36. The number of carboxylic acids is 1. The summed E-state index contributed by atoms with van der Waals surface area (Å²) < 4.78 is 37.2. The zero-order valence-electron chi connectivity index (χ0n) is 7.52. The Labute approximate surface area is 79.4 Å². The van der Waals surface area contributed by atoms with E-state index < -0.39 is 24.1 Å². The average Bonchev–Trinajstić information content (AvgIpc) is 2.01. The quantitative estimate of drug-likeness (QED) is 0.708. The van der Waals surface area contributed by atoms with Crippen molar-refractivity contribution in [1.82, 2.24) is 0 Å². The molecule has 0 spiro atoms. The van der Waals surface area contributed by atoms with Crippen molar-refractivity contribution in [1.29, 1.82) is 0 Å². The summed E-state index contributed by atoms with van der Waals surface area (Å²) in [5.41, 5.74) is -0.567. The number of alkyl halides is 3. The molecule has 0 aromatic rings. The van der Waals surface area contributed by atoms with E-state index in [0.29, 0.717) is 12.8 Å². The molecule has 14 heavy (non-hydrogen) atoms. The first kappa shape index (κ1) is 11.1. The molecule has 0 fully saturated rings. The second-order valence-corrected chi connectivity index (χ2v) is 3.36. The minimum absolute atomic E-state index is 0.0356. The van der Waals surface area contributed by atoms with Gasteiger partial charge in [-0.05, 0) is 25.7 Å². The van der Waals surface area contributed by atoms with E-state index in [0.717, 1.165) is 0 Å². The number of rotatable bonds is 2. The van der Waals surface area contributed by atoms with E-state index in [4.69, 9.17) is 5.11 Å². The number of halogens is 3. The van der Waals surface area contributed by atoms with Crippen LogP contribution in [0, 0.1) is 0 Å². The van der Waals surface area contributed by atoms with Crippen LogP contribution in [-0.4, -0.2) is 17.3 Å². The summed E-state index contributed by atoms with van der Waals surface area (Å²) in [5.74, 6) is -1.19. The molecule has 0 aromatic heterocycles. The van der Waals surface area contributed by atoms with E-state index in [1.807, 2.05) is 0 Å². The number of hydrogen-bond donors (Lipinski definition) is 1. The van der Waals surface area contributed by atoms with Gasteiger partial charge in [0.05, 0.1) is 6.42 Å². The molecule has 0 atom stereocenters. The molecular formula is C9H11F3O2. The van der Waals surface area contributed by atoms with Crippen LogP contribution in [0.1, 0.15) is 32.1 Å². The van der Waals surface area contributed by atoms with E-state index in [2.05, 4.69) is 0 Å². The maximum atomic E-state index is 12.4. The molecule has 0 radical (unpaired) electrons. The van der Waals surface area contributed by atoms with Crippen LogP contribution in [0.5, 0.6) is 0 Å². The Morgan fingerprint density at radius 2 is 1.86 bits per heavy atom. The number of hydrogen-bond acceptors (Lipinski definition) is 1. The van der Waals surface area contributed by atoms with Gasteiger partial charge in [0, 0.05) is 5.57 Å². The van der Waals surface area contributed by atoms with Gasteiger partial charge in [-0.1, -0.05) is 5.57 Å². The first-order valence-corrected chi connectivity index (χ1v) is 4.41. The summed E-state index contributed by atoms with van der Waals surface area (Å²) >= 11 is 0. The fourth-order valence-corrected chi connectivity index (χ4v) is 1.69. The van der Waals surface area contributed by atoms with Gasteiger partial charge in [-0.25, -0.2) is 0 Å². The molecule has 1 aliphatic carbocycles. The summed E-state index contributed by atoms with van der Waals surface area (Å²) in [6.07, 6.45) is -3.45. The molecule has 0 aromatic carbocycles. The monoisotopic (exact) mass is 208 g/mol. The molecule has 0 saturated carbocycles. The zero-order valence-corrected chi connectivity index (χ0v) is 7.52. The van der Waals surface area contributed by atoms with Crippen LogP contribution in [0.2, 0.25) is 0 Å². The van der Waals surface area contributed by atoms with Crippen molar-refractivity contribution in [2.45, 2.75) is 38.3 Å². The van der Waals surface area contributed by atoms with Crippen LogP contribution in [-0.2, 0) is 4.79 Å². The van der Waals surface area contributed by atoms with Crippen molar-refractivity contribution in [3.05, 3.63) is 11.1 Å². The lowest BCUT2D eigenvalue weighted by Crippen LogP contribution is -2.18. The molecule has 1 N–H and O–H groups in total. The van der Waals surface area contributed by atoms with Crippen LogP contribution in [0.25, 0.3) is 0 Å². The second kappa shape index (κ2) is 4.02. The van der Waals surface area contributed by atoms with E-state index in [9.17, 15) is 18.0 Å². The lowest BCUT2D eigenvalue weighted by molar-refractivity contribution is -0.136. The molecule has 0 saturated heterocycles. The summed E-state index contributed by atoms with van der Waals surface area (Å²) in [4.78, 5) is 10.3. The van der Waals surface area contributed by atoms with Crippen molar-refractivity contribution in [2.24, 2.45) is 0 Å². The Hall–Kier alpha value is -1.00. The first-order valence-electron chi connectivity index (χ1n) is 4.41. The Kier molecular flexibility index (Phi) is 3.18. The predicted octanol–water partition coefficient (Wildman–Crippen LogP) is 2.89. The van der Waals surface area contributed by atoms with Gasteiger partial charge in [0.1, 0.15) is 0 Å². The molecule has 1 rings (SSSR count). The third-order valence-corrected chi connectivity index (χ3v) is 2.29. The van der Waals surface area contributed by atoms with Gasteiger partial charge in [-0.2, -0.15) is 13.2 Å². The largest absolute Gasteiger partial charge is 0.481 e. The van der Waals surface area contributed by atoms with E-state index in [-0.39, 0.29) is 18.4 Å². The van der Waals surface area contributed by atoms with Gasteiger partial charge in [-0.15, -0.1) is 0 Å². The van der Waals surface area contributed by atoms with Crippen LogP contribution in [0.4, 0.5) is 13.2 Å². The van der Waals surface area contributed by atoms with Gasteiger partial charge >= 0.3 is 12.1 Å². The molecule has 0 bridgehead atoms. The molecule has 0 unspecified atom stereocenters. The van der Waals surface area contributed by atoms with Gasteiger partial charge in [0.2, 0.25) is 0 Å². The van der Waals surface area contributed by atoms with Crippen molar-refractivity contribution >= 4 is 5.97 Å². The van der Waals surface area contributed by atoms with E-state index >= 15 is 0 Å².